The van der Waals surface area contributed by atoms with E-state index in [0.29, 0.717) is 5.56 Å². The molecule has 0 unspecified atom stereocenters. The number of likely N-dealkylation sites (tertiary alicyclic amines) is 1. The first-order valence-electron chi connectivity index (χ1n) is 6.24. The van der Waals surface area contributed by atoms with Crippen molar-refractivity contribution < 1.29 is 17.6 Å². The lowest BCUT2D eigenvalue weighted by Crippen LogP contribution is -2.31. The van der Waals surface area contributed by atoms with E-state index in [1.165, 1.54) is 6.07 Å². The van der Waals surface area contributed by atoms with Crippen LogP contribution in [0.5, 0.6) is 0 Å². The van der Waals surface area contributed by atoms with Gasteiger partial charge in [-0.05, 0) is 43.6 Å². The standard InChI is InChI=1S/C13H16F4N2/c14-11-7-9(3-4-10(11)13(15,16)17)12(8-18)19-5-1-2-6-19/h3-4,7,12H,1-2,5-6,8,18H2/t12-/m1/s1. The van der Waals surface area contributed by atoms with Crippen LogP contribution in [0, 0.1) is 5.82 Å². The molecule has 2 rings (SSSR count). The molecule has 106 valence electrons. The summed E-state index contributed by atoms with van der Waals surface area (Å²) in [5, 5.41) is 0. The van der Waals surface area contributed by atoms with Gasteiger partial charge >= 0.3 is 6.18 Å². The lowest BCUT2D eigenvalue weighted by molar-refractivity contribution is -0.140. The number of nitrogens with zero attached hydrogens (tertiary/aromatic N) is 1. The van der Waals surface area contributed by atoms with E-state index in [1.54, 1.807) is 0 Å². The van der Waals surface area contributed by atoms with Crippen molar-refractivity contribution in [1.82, 2.24) is 4.90 Å². The molecule has 1 aromatic carbocycles. The molecule has 0 bridgehead atoms. The van der Waals surface area contributed by atoms with Gasteiger partial charge in [0, 0.05) is 12.6 Å². The SMILES string of the molecule is NC[C@H](c1ccc(C(F)(F)F)c(F)c1)N1CCCC1. The van der Waals surface area contributed by atoms with E-state index in [9.17, 15) is 17.6 Å². The summed E-state index contributed by atoms with van der Waals surface area (Å²) in [6, 6.07) is 2.86. The molecule has 2 N–H and O–H groups in total. The Kier molecular flexibility index (Phi) is 4.10. The Morgan fingerprint density at radius 2 is 1.84 bits per heavy atom. The summed E-state index contributed by atoms with van der Waals surface area (Å²) < 4.78 is 51.0. The molecule has 0 radical (unpaired) electrons. The van der Waals surface area contributed by atoms with Crippen LogP contribution in [-0.2, 0) is 6.18 Å². The highest BCUT2D eigenvalue weighted by atomic mass is 19.4. The third-order valence-corrected chi connectivity index (χ3v) is 3.49. The molecule has 0 aliphatic carbocycles. The molecule has 1 fully saturated rings. The smallest absolute Gasteiger partial charge is 0.329 e. The predicted molar refractivity (Wildman–Crippen MR) is 64.0 cm³/mol. The second kappa shape index (κ2) is 5.46. The lowest BCUT2D eigenvalue weighted by Gasteiger charge is -2.27. The molecular weight excluding hydrogens is 260 g/mol. The summed E-state index contributed by atoms with van der Waals surface area (Å²) in [4.78, 5) is 2.09. The third-order valence-electron chi connectivity index (χ3n) is 3.49. The molecule has 0 amide bonds. The highest BCUT2D eigenvalue weighted by Gasteiger charge is 2.34. The Bertz CT molecular complexity index is 439. The number of hydrogen-bond acceptors (Lipinski definition) is 2. The zero-order valence-corrected chi connectivity index (χ0v) is 10.4. The summed E-state index contributed by atoms with van der Waals surface area (Å²) in [6.45, 7) is 1.97. The summed E-state index contributed by atoms with van der Waals surface area (Å²) in [6.07, 6.45) is -2.58. The molecule has 1 aliphatic heterocycles. The third kappa shape index (κ3) is 3.06. The van der Waals surface area contributed by atoms with Gasteiger partial charge in [0.05, 0.1) is 5.56 Å². The number of halogens is 4. The van der Waals surface area contributed by atoms with E-state index in [1.807, 2.05) is 0 Å². The number of alkyl halides is 3. The maximum Gasteiger partial charge on any atom is 0.419 e. The topological polar surface area (TPSA) is 29.3 Å². The van der Waals surface area contributed by atoms with Gasteiger partial charge in [0.15, 0.2) is 0 Å². The van der Waals surface area contributed by atoms with Crippen molar-refractivity contribution in [3.05, 3.63) is 35.1 Å². The van der Waals surface area contributed by atoms with Crippen LogP contribution in [0.25, 0.3) is 0 Å². The van der Waals surface area contributed by atoms with Crippen LogP contribution in [0.4, 0.5) is 17.6 Å². The highest BCUT2D eigenvalue weighted by Crippen LogP contribution is 2.33. The Hall–Kier alpha value is -1.14. The molecular formula is C13H16F4N2. The average molecular weight is 276 g/mol. The quantitative estimate of drug-likeness (QED) is 0.860. The predicted octanol–water partition coefficient (Wildman–Crippen LogP) is 2.94. The lowest BCUT2D eigenvalue weighted by atomic mass is 10.0. The van der Waals surface area contributed by atoms with Crippen molar-refractivity contribution in [1.29, 1.82) is 0 Å². The minimum atomic E-state index is -4.66. The van der Waals surface area contributed by atoms with Crippen molar-refractivity contribution in [2.45, 2.75) is 25.1 Å². The molecule has 0 aromatic heterocycles. The first kappa shape index (κ1) is 14.3. The molecule has 19 heavy (non-hydrogen) atoms. The molecule has 0 spiro atoms. The fraction of sp³-hybridized carbons (Fsp3) is 0.538. The highest BCUT2D eigenvalue weighted by molar-refractivity contribution is 5.29. The van der Waals surface area contributed by atoms with Gasteiger partial charge in [-0.2, -0.15) is 13.2 Å². The van der Waals surface area contributed by atoms with Gasteiger partial charge in [-0.15, -0.1) is 0 Å². The van der Waals surface area contributed by atoms with Crippen molar-refractivity contribution >= 4 is 0 Å². The first-order chi connectivity index (χ1) is 8.93. The van der Waals surface area contributed by atoms with Gasteiger partial charge in [0.1, 0.15) is 5.82 Å². The Morgan fingerprint density at radius 3 is 2.32 bits per heavy atom. The van der Waals surface area contributed by atoms with E-state index >= 15 is 0 Å². The molecule has 6 heteroatoms. The molecule has 1 heterocycles. The van der Waals surface area contributed by atoms with Gasteiger partial charge in [0.2, 0.25) is 0 Å². The number of hydrogen-bond donors (Lipinski definition) is 1. The monoisotopic (exact) mass is 276 g/mol. The molecule has 1 aromatic rings. The van der Waals surface area contributed by atoms with E-state index < -0.39 is 17.6 Å². The second-order valence-corrected chi connectivity index (χ2v) is 4.73. The van der Waals surface area contributed by atoms with Gasteiger partial charge < -0.3 is 5.73 Å². The maximum absolute atomic E-state index is 13.6. The summed E-state index contributed by atoms with van der Waals surface area (Å²) >= 11 is 0. The van der Waals surface area contributed by atoms with Crippen molar-refractivity contribution in [2.24, 2.45) is 5.73 Å². The van der Waals surface area contributed by atoms with Crippen LogP contribution >= 0.6 is 0 Å². The second-order valence-electron chi connectivity index (χ2n) is 4.73. The first-order valence-corrected chi connectivity index (χ1v) is 6.24. The summed E-state index contributed by atoms with van der Waals surface area (Å²) in [5.74, 6) is -1.23. The number of nitrogens with two attached hydrogens (primary N) is 1. The molecule has 1 aliphatic rings. The largest absolute Gasteiger partial charge is 0.419 e. The average Bonchev–Trinajstić information content (AvgIpc) is 2.82. The zero-order valence-electron chi connectivity index (χ0n) is 10.4. The van der Waals surface area contributed by atoms with E-state index in [-0.39, 0.29) is 12.6 Å². The van der Waals surface area contributed by atoms with E-state index in [0.717, 1.165) is 38.1 Å². The molecule has 2 nitrogen and oxygen atoms in total. The Balaban J connectivity index is 2.27. The van der Waals surface area contributed by atoms with Crippen molar-refractivity contribution in [3.63, 3.8) is 0 Å². The molecule has 1 atom stereocenters. The van der Waals surface area contributed by atoms with Gasteiger partial charge in [0.25, 0.3) is 0 Å². The summed E-state index contributed by atoms with van der Waals surface area (Å²) in [5.41, 5.74) is 4.95. The number of rotatable bonds is 3. The fourth-order valence-electron chi connectivity index (χ4n) is 2.52. The van der Waals surface area contributed by atoms with Gasteiger partial charge in [-0.3, -0.25) is 4.90 Å². The van der Waals surface area contributed by atoms with Gasteiger partial charge in [-0.25, -0.2) is 4.39 Å². The molecule has 0 saturated carbocycles. The van der Waals surface area contributed by atoms with Crippen molar-refractivity contribution in [3.8, 4) is 0 Å². The Labute approximate surface area is 109 Å². The number of benzene rings is 1. The minimum Gasteiger partial charge on any atom is -0.329 e. The van der Waals surface area contributed by atoms with Crippen LogP contribution in [0.2, 0.25) is 0 Å². The van der Waals surface area contributed by atoms with Crippen LogP contribution in [0.1, 0.15) is 30.0 Å². The van der Waals surface area contributed by atoms with Crippen molar-refractivity contribution in [2.75, 3.05) is 19.6 Å². The molecule has 1 saturated heterocycles. The summed E-state index contributed by atoms with van der Waals surface area (Å²) in [7, 11) is 0. The van der Waals surface area contributed by atoms with E-state index in [2.05, 4.69) is 4.90 Å². The van der Waals surface area contributed by atoms with Crippen LogP contribution < -0.4 is 5.73 Å². The van der Waals surface area contributed by atoms with Gasteiger partial charge in [-0.1, -0.05) is 6.07 Å². The zero-order chi connectivity index (χ0) is 14.0. The van der Waals surface area contributed by atoms with E-state index in [4.69, 9.17) is 5.73 Å². The maximum atomic E-state index is 13.6. The Morgan fingerprint density at radius 1 is 1.21 bits per heavy atom. The van der Waals surface area contributed by atoms with Crippen LogP contribution in [0.15, 0.2) is 18.2 Å². The fourth-order valence-corrected chi connectivity index (χ4v) is 2.52. The normalized spacial score (nSPS) is 18.8. The van der Waals surface area contributed by atoms with Crippen LogP contribution in [0.3, 0.4) is 0 Å². The minimum absolute atomic E-state index is 0.209. The van der Waals surface area contributed by atoms with Crippen LogP contribution in [-0.4, -0.2) is 24.5 Å².